The molecule has 0 aliphatic heterocycles. The van der Waals surface area contributed by atoms with Gasteiger partial charge < -0.3 is 10.1 Å². The van der Waals surface area contributed by atoms with Crippen LogP contribution in [0.2, 0.25) is 0 Å². The predicted molar refractivity (Wildman–Crippen MR) is 63.3 cm³/mol. The lowest BCUT2D eigenvalue weighted by Gasteiger charge is -2.06. The number of amides is 1. The smallest absolute Gasteiger partial charge is 0.309 e. The summed E-state index contributed by atoms with van der Waals surface area (Å²) < 4.78 is 17.7. The van der Waals surface area contributed by atoms with E-state index in [1.807, 2.05) is 6.92 Å². The third-order valence-corrected chi connectivity index (χ3v) is 2.87. The summed E-state index contributed by atoms with van der Waals surface area (Å²) in [6.45, 7) is 1.62. The van der Waals surface area contributed by atoms with Crippen molar-refractivity contribution in [2.24, 2.45) is 11.8 Å². The predicted octanol–water partition coefficient (Wildman–Crippen LogP) is 1.96. The van der Waals surface area contributed by atoms with Crippen LogP contribution in [-0.2, 0) is 14.3 Å². The van der Waals surface area contributed by atoms with Gasteiger partial charge in [0.15, 0.2) is 6.61 Å². The molecule has 1 N–H and O–H groups in total. The highest BCUT2D eigenvalue weighted by Gasteiger charge is 2.40. The molecule has 18 heavy (non-hydrogen) atoms. The number of hydrogen-bond acceptors (Lipinski definition) is 3. The van der Waals surface area contributed by atoms with Gasteiger partial charge in [0, 0.05) is 5.69 Å². The van der Waals surface area contributed by atoms with E-state index in [1.165, 1.54) is 18.2 Å². The van der Waals surface area contributed by atoms with E-state index in [4.69, 9.17) is 4.74 Å². The number of benzene rings is 1. The quantitative estimate of drug-likeness (QED) is 0.832. The number of esters is 1. The number of hydrogen-bond donors (Lipinski definition) is 1. The Labute approximate surface area is 104 Å². The molecule has 1 aromatic carbocycles. The number of ether oxygens (including phenoxy) is 1. The van der Waals surface area contributed by atoms with Crippen LogP contribution in [0.3, 0.4) is 0 Å². The first kappa shape index (κ1) is 12.5. The molecule has 4 nitrogen and oxygen atoms in total. The molecular formula is C13H14FNO3. The van der Waals surface area contributed by atoms with Crippen molar-refractivity contribution in [2.45, 2.75) is 13.3 Å². The highest BCUT2D eigenvalue weighted by molar-refractivity contribution is 5.93. The Morgan fingerprint density at radius 2 is 2.22 bits per heavy atom. The molecule has 0 heterocycles. The second kappa shape index (κ2) is 5.16. The van der Waals surface area contributed by atoms with Crippen LogP contribution < -0.4 is 5.32 Å². The maximum Gasteiger partial charge on any atom is 0.309 e. The van der Waals surface area contributed by atoms with Gasteiger partial charge in [-0.2, -0.15) is 0 Å². The lowest BCUT2D eigenvalue weighted by molar-refractivity contribution is -0.148. The third-order valence-electron chi connectivity index (χ3n) is 2.87. The summed E-state index contributed by atoms with van der Waals surface area (Å²) in [6.07, 6.45) is 0.824. The van der Waals surface area contributed by atoms with Gasteiger partial charge in [-0.1, -0.05) is 13.0 Å². The van der Waals surface area contributed by atoms with Gasteiger partial charge >= 0.3 is 5.97 Å². The number of anilines is 1. The van der Waals surface area contributed by atoms with E-state index in [-0.39, 0.29) is 18.5 Å². The maximum atomic E-state index is 12.9. The monoisotopic (exact) mass is 251 g/mol. The molecule has 1 saturated carbocycles. The number of nitrogens with one attached hydrogen (secondary N) is 1. The molecule has 2 atom stereocenters. The van der Waals surface area contributed by atoms with Crippen LogP contribution in [0.5, 0.6) is 0 Å². The molecule has 0 spiro atoms. The molecule has 1 amide bonds. The standard InChI is InChI=1S/C13H14FNO3/c1-8-5-11(8)13(17)18-7-12(16)15-10-4-2-3-9(14)6-10/h2-4,6,8,11H,5,7H2,1H3,(H,15,16)/t8-,11+/m0/s1. The fourth-order valence-corrected chi connectivity index (χ4v) is 1.66. The van der Waals surface area contributed by atoms with Crippen molar-refractivity contribution in [3.05, 3.63) is 30.1 Å². The average molecular weight is 251 g/mol. The summed E-state index contributed by atoms with van der Waals surface area (Å²) in [5.74, 6) is -0.952. The first-order valence-corrected chi connectivity index (χ1v) is 5.78. The zero-order valence-electron chi connectivity index (χ0n) is 9.98. The molecule has 0 unspecified atom stereocenters. The minimum Gasteiger partial charge on any atom is -0.455 e. The first-order chi connectivity index (χ1) is 8.56. The van der Waals surface area contributed by atoms with E-state index < -0.39 is 11.7 Å². The van der Waals surface area contributed by atoms with Crippen LogP contribution >= 0.6 is 0 Å². The Bertz CT molecular complexity index is 475. The lowest BCUT2D eigenvalue weighted by atomic mass is 10.3. The van der Waals surface area contributed by atoms with Crippen LogP contribution in [0.1, 0.15) is 13.3 Å². The van der Waals surface area contributed by atoms with E-state index in [0.717, 1.165) is 6.42 Å². The van der Waals surface area contributed by atoms with Crippen LogP contribution in [0, 0.1) is 17.7 Å². The van der Waals surface area contributed by atoms with Gasteiger partial charge in [0.05, 0.1) is 5.92 Å². The second-order valence-corrected chi connectivity index (χ2v) is 4.49. The van der Waals surface area contributed by atoms with Gasteiger partial charge in [-0.25, -0.2) is 4.39 Å². The van der Waals surface area contributed by atoms with Crippen molar-refractivity contribution in [3.63, 3.8) is 0 Å². The van der Waals surface area contributed by atoms with E-state index in [9.17, 15) is 14.0 Å². The minimum absolute atomic E-state index is 0.0630. The molecule has 1 aliphatic carbocycles. The highest BCUT2D eigenvalue weighted by Crippen LogP contribution is 2.38. The van der Waals surface area contributed by atoms with Crippen molar-refractivity contribution in [1.29, 1.82) is 0 Å². The third kappa shape index (κ3) is 3.29. The van der Waals surface area contributed by atoms with Gasteiger partial charge in [0.1, 0.15) is 5.82 Å². The molecule has 0 bridgehead atoms. The Kier molecular flexibility index (Phi) is 3.60. The molecule has 5 heteroatoms. The molecule has 1 fully saturated rings. The van der Waals surface area contributed by atoms with Gasteiger partial charge in [0.25, 0.3) is 5.91 Å². The van der Waals surface area contributed by atoms with Crippen molar-refractivity contribution < 1.29 is 18.7 Å². The van der Waals surface area contributed by atoms with Crippen molar-refractivity contribution in [1.82, 2.24) is 0 Å². The SMILES string of the molecule is C[C@H]1C[C@H]1C(=O)OCC(=O)Nc1cccc(F)c1. The first-order valence-electron chi connectivity index (χ1n) is 5.78. The van der Waals surface area contributed by atoms with Crippen LogP contribution in [0.15, 0.2) is 24.3 Å². The topological polar surface area (TPSA) is 55.4 Å². The number of carbonyl (C=O) groups excluding carboxylic acids is 2. The van der Waals surface area contributed by atoms with E-state index in [2.05, 4.69) is 5.32 Å². The summed E-state index contributed by atoms with van der Waals surface area (Å²) in [6, 6.07) is 5.53. The minimum atomic E-state index is -0.470. The molecule has 2 rings (SSSR count). The number of carbonyl (C=O) groups is 2. The average Bonchev–Trinajstić information content (AvgIpc) is 3.03. The fraction of sp³-hybridized carbons (Fsp3) is 0.385. The molecule has 0 radical (unpaired) electrons. The summed E-state index contributed by atoms with van der Waals surface area (Å²) >= 11 is 0. The molecule has 0 saturated heterocycles. The number of halogens is 1. The summed E-state index contributed by atoms with van der Waals surface area (Å²) in [7, 11) is 0. The summed E-state index contributed by atoms with van der Waals surface area (Å²) in [4.78, 5) is 22.8. The van der Waals surface area contributed by atoms with Gasteiger partial charge in [-0.15, -0.1) is 0 Å². The number of rotatable bonds is 4. The van der Waals surface area contributed by atoms with Crippen LogP contribution in [0.4, 0.5) is 10.1 Å². The Morgan fingerprint density at radius 3 is 2.83 bits per heavy atom. The summed E-state index contributed by atoms with van der Waals surface area (Å²) in [5, 5.41) is 2.45. The van der Waals surface area contributed by atoms with E-state index in [0.29, 0.717) is 11.6 Å². The Balaban J connectivity index is 1.77. The molecule has 1 aliphatic rings. The highest BCUT2D eigenvalue weighted by atomic mass is 19.1. The van der Waals surface area contributed by atoms with Crippen LogP contribution in [-0.4, -0.2) is 18.5 Å². The Morgan fingerprint density at radius 1 is 1.50 bits per heavy atom. The van der Waals surface area contributed by atoms with Crippen molar-refractivity contribution in [3.8, 4) is 0 Å². The second-order valence-electron chi connectivity index (χ2n) is 4.49. The van der Waals surface area contributed by atoms with E-state index in [1.54, 1.807) is 6.07 Å². The lowest BCUT2D eigenvalue weighted by Crippen LogP contribution is -2.21. The van der Waals surface area contributed by atoms with Crippen molar-refractivity contribution >= 4 is 17.6 Å². The molecular weight excluding hydrogens is 237 g/mol. The molecule has 96 valence electrons. The van der Waals surface area contributed by atoms with Crippen molar-refractivity contribution in [2.75, 3.05) is 11.9 Å². The maximum absolute atomic E-state index is 12.9. The fourth-order valence-electron chi connectivity index (χ4n) is 1.66. The van der Waals surface area contributed by atoms with Gasteiger partial charge in [0.2, 0.25) is 0 Å². The molecule has 1 aromatic rings. The van der Waals surface area contributed by atoms with Gasteiger partial charge in [-0.05, 0) is 30.5 Å². The van der Waals surface area contributed by atoms with Gasteiger partial charge in [-0.3, -0.25) is 9.59 Å². The normalized spacial score (nSPS) is 21.2. The van der Waals surface area contributed by atoms with Crippen LogP contribution in [0.25, 0.3) is 0 Å². The zero-order chi connectivity index (χ0) is 13.1. The summed E-state index contributed by atoms with van der Waals surface area (Å²) in [5.41, 5.74) is 0.343. The Hall–Kier alpha value is -1.91. The zero-order valence-corrected chi connectivity index (χ0v) is 9.98. The molecule has 0 aromatic heterocycles. The van der Waals surface area contributed by atoms with E-state index >= 15 is 0 Å². The largest absolute Gasteiger partial charge is 0.455 e.